The summed E-state index contributed by atoms with van der Waals surface area (Å²) in [6.45, 7) is 0.791. The Morgan fingerprint density at radius 2 is 1.59 bits per heavy atom. The normalized spacial score (nSPS) is 15.6. The van der Waals surface area contributed by atoms with Crippen molar-refractivity contribution in [1.82, 2.24) is 9.80 Å². The molecule has 2 amide bonds. The fraction of sp³-hybridized carbons (Fsp3) is 0.429. The van der Waals surface area contributed by atoms with E-state index in [1.807, 2.05) is 0 Å². The number of halogens is 3. The molecule has 0 unspecified atom stereocenters. The largest absolute Gasteiger partial charge is 0.453 e. The molecule has 1 fully saturated rings. The molecule has 0 spiro atoms. The molecule has 0 atom stereocenters. The number of benzene rings is 1. The smallest absolute Gasteiger partial charge is 0.417 e. The molecule has 0 aliphatic carbocycles. The van der Waals surface area contributed by atoms with E-state index in [1.165, 1.54) is 29.0 Å². The molecule has 0 saturated carbocycles. The second-order valence-electron chi connectivity index (χ2n) is 4.79. The topological polar surface area (TPSA) is 49.9 Å². The van der Waals surface area contributed by atoms with Crippen LogP contribution >= 0.6 is 0 Å². The van der Waals surface area contributed by atoms with Crippen LogP contribution in [-0.2, 0) is 10.9 Å². The Kier molecular flexibility index (Phi) is 4.58. The summed E-state index contributed by atoms with van der Waals surface area (Å²) in [6, 6.07) is 4.69. The van der Waals surface area contributed by atoms with Crippen molar-refractivity contribution in [2.24, 2.45) is 0 Å². The van der Waals surface area contributed by atoms with E-state index in [-0.39, 0.29) is 31.7 Å². The molecule has 2 rings (SSSR count). The summed E-state index contributed by atoms with van der Waals surface area (Å²) in [7, 11) is 1.25. The van der Waals surface area contributed by atoms with Crippen molar-refractivity contribution in [3.8, 4) is 0 Å². The number of ether oxygens (including phenoxy) is 1. The first-order valence-corrected chi connectivity index (χ1v) is 6.63. The minimum absolute atomic E-state index is 0.167. The molecule has 1 aromatic rings. The predicted octanol–water partition coefficient (Wildman–Crippen LogP) is 2.23. The van der Waals surface area contributed by atoms with Crippen LogP contribution in [-0.4, -0.2) is 55.1 Å². The van der Waals surface area contributed by atoms with Crippen LogP contribution in [0.4, 0.5) is 18.0 Å². The Morgan fingerprint density at radius 1 is 1.05 bits per heavy atom. The van der Waals surface area contributed by atoms with E-state index in [0.29, 0.717) is 0 Å². The second-order valence-corrected chi connectivity index (χ2v) is 4.79. The van der Waals surface area contributed by atoms with Crippen LogP contribution in [0.25, 0.3) is 0 Å². The van der Waals surface area contributed by atoms with Crippen LogP contribution in [0.1, 0.15) is 15.9 Å². The third-order valence-corrected chi connectivity index (χ3v) is 3.46. The van der Waals surface area contributed by atoms with Gasteiger partial charge >= 0.3 is 12.3 Å². The van der Waals surface area contributed by atoms with Crippen molar-refractivity contribution in [2.45, 2.75) is 6.18 Å². The number of piperazine rings is 1. The van der Waals surface area contributed by atoms with Crippen molar-refractivity contribution in [1.29, 1.82) is 0 Å². The standard InChI is InChI=1S/C14H15F3N2O3/c1-22-13(21)19-8-6-18(7-9-19)12(20)10-4-2-3-5-11(10)14(15,16)17/h2-5H,6-9H2,1H3. The highest BCUT2D eigenvalue weighted by molar-refractivity contribution is 5.96. The molecule has 1 heterocycles. The quantitative estimate of drug-likeness (QED) is 0.798. The van der Waals surface area contributed by atoms with Crippen molar-refractivity contribution in [3.63, 3.8) is 0 Å². The van der Waals surface area contributed by atoms with Gasteiger partial charge in [0.05, 0.1) is 18.2 Å². The number of nitrogens with zero attached hydrogens (tertiary/aromatic N) is 2. The summed E-state index contributed by atoms with van der Waals surface area (Å²) in [5.74, 6) is -0.683. The van der Waals surface area contributed by atoms with Gasteiger partial charge in [-0.25, -0.2) is 4.79 Å². The lowest BCUT2D eigenvalue weighted by atomic mass is 10.1. The molecule has 0 aromatic heterocycles. The fourth-order valence-electron chi connectivity index (χ4n) is 2.31. The summed E-state index contributed by atoms with van der Waals surface area (Å²) >= 11 is 0. The number of alkyl halides is 3. The van der Waals surface area contributed by atoms with E-state index in [4.69, 9.17) is 0 Å². The molecule has 1 aliphatic rings. The molecule has 1 aromatic carbocycles. The van der Waals surface area contributed by atoms with Crippen molar-refractivity contribution in [2.75, 3.05) is 33.3 Å². The molecule has 8 heteroatoms. The van der Waals surface area contributed by atoms with Gasteiger partial charge < -0.3 is 14.5 Å². The molecule has 1 saturated heterocycles. The van der Waals surface area contributed by atoms with Crippen LogP contribution < -0.4 is 0 Å². The van der Waals surface area contributed by atoms with E-state index in [2.05, 4.69) is 4.74 Å². The van der Waals surface area contributed by atoms with Crippen LogP contribution in [0, 0.1) is 0 Å². The lowest BCUT2D eigenvalue weighted by Crippen LogP contribution is -2.50. The molecule has 0 radical (unpaired) electrons. The minimum atomic E-state index is -4.58. The number of carbonyl (C=O) groups excluding carboxylic acids is 2. The Hall–Kier alpha value is -2.25. The SMILES string of the molecule is COC(=O)N1CCN(C(=O)c2ccccc2C(F)(F)F)CC1. The molecule has 120 valence electrons. The zero-order valence-electron chi connectivity index (χ0n) is 11.9. The Morgan fingerprint density at radius 3 is 2.14 bits per heavy atom. The van der Waals surface area contributed by atoms with Crippen LogP contribution in [0.5, 0.6) is 0 Å². The van der Waals surface area contributed by atoms with Gasteiger partial charge in [0, 0.05) is 26.2 Å². The maximum absolute atomic E-state index is 12.9. The van der Waals surface area contributed by atoms with Crippen molar-refractivity contribution >= 4 is 12.0 Å². The van der Waals surface area contributed by atoms with Gasteiger partial charge in [-0.3, -0.25) is 4.79 Å². The predicted molar refractivity (Wildman–Crippen MR) is 71.3 cm³/mol. The van der Waals surface area contributed by atoms with E-state index in [0.717, 1.165) is 12.1 Å². The number of hydrogen-bond acceptors (Lipinski definition) is 3. The minimum Gasteiger partial charge on any atom is -0.453 e. The van der Waals surface area contributed by atoms with Crippen molar-refractivity contribution in [3.05, 3.63) is 35.4 Å². The summed E-state index contributed by atoms with van der Waals surface area (Å²) in [6.07, 6.45) is -5.09. The van der Waals surface area contributed by atoms with Gasteiger partial charge in [0.15, 0.2) is 0 Å². The third kappa shape index (κ3) is 3.32. The van der Waals surface area contributed by atoms with Gasteiger partial charge in [-0.1, -0.05) is 12.1 Å². The molecule has 1 aliphatic heterocycles. The number of hydrogen-bond donors (Lipinski definition) is 0. The lowest BCUT2D eigenvalue weighted by Gasteiger charge is -2.34. The second kappa shape index (κ2) is 6.25. The number of amides is 2. The summed E-state index contributed by atoms with van der Waals surface area (Å²) < 4.78 is 43.4. The third-order valence-electron chi connectivity index (χ3n) is 3.46. The van der Waals surface area contributed by atoms with Gasteiger partial charge in [0.25, 0.3) is 5.91 Å². The van der Waals surface area contributed by atoms with E-state index in [9.17, 15) is 22.8 Å². The van der Waals surface area contributed by atoms with Gasteiger partial charge in [-0.05, 0) is 12.1 Å². The van der Waals surface area contributed by atoms with E-state index >= 15 is 0 Å². The molecular weight excluding hydrogens is 301 g/mol. The zero-order valence-corrected chi connectivity index (χ0v) is 11.9. The molecule has 22 heavy (non-hydrogen) atoms. The van der Waals surface area contributed by atoms with Gasteiger partial charge in [0.1, 0.15) is 0 Å². The molecule has 5 nitrogen and oxygen atoms in total. The summed E-state index contributed by atoms with van der Waals surface area (Å²) in [5.41, 5.74) is -1.32. The highest BCUT2D eigenvalue weighted by Crippen LogP contribution is 2.32. The highest BCUT2D eigenvalue weighted by Gasteiger charge is 2.36. The number of rotatable bonds is 1. The maximum atomic E-state index is 12.9. The monoisotopic (exact) mass is 316 g/mol. The molecular formula is C14H15F3N2O3. The van der Waals surface area contributed by atoms with E-state index in [1.54, 1.807) is 0 Å². The van der Waals surface area contributed by atoms with Crippen LogP contribution in [0.3, 0.4) is 0 Å². The fourth-order valence-corrected chi connectivity index (χ4v) is 2.31. The average Bonchev–Trinajstić information content (AvgIpc) is 2.52. The van der Waals surface area contributed by atoms with Crippen LogP contribution in [0.2, 0.25) is 0 Å². The van der Waals surface area contributed by atoms with Crippen LogP contribution in [0.15, 0.2) is 24.3 Å². The maximum Gasteiger partial charge on any atom is 0.417 e. The first kappa shape index (κ1) is 16.1. The lowest BCUT2D eigenvalue weighted by molar-refractivity contribution is -0.138. The van der Waals surface area contributed by atoms with E-state index < -0.39 is 23.7 Å². The molecule has 0 bridgehead atoms. The molecule has 0 N–H and O–H groups in total. The van der Waals surface area contributed by atoms with Crippen molar-refractivity contribution < 1.29 is 27.5 Å². The highest BCUT2D eigenvalue weighted by atomic mass is 19.4. The first-order chi connectivity index (χ1) is 10.3. The number of methoxy groups -OCH3 is 1. The van der Waals surface area contributed by atoms with Gasteiger partial charge in [-0.15, -0.1) is 0 Å². The average molecular weight is 316 g/mol. The Balaban J connectivity index is 2.13. The van der Waals surface area contributed by atoms with Gasteiger partial charge in [-0.2, -0.15) is 13.2 Å². The summed E-state index contributed by atoms with van der Waals surface area (Å²) in [5, 5.41) is 0. The number of carbonyl (C=O) groups is 2. The first-order valence-electron chi connectivity index (χ1n) is 6.63. The zero-order chi connectivity index (χ0) is 16.3. The Bertz CT molecular complexity index is 567. The Labute approximate surface area is 125 Å². The van der Waals surface area contributed by atoms with Gasteiger partial charge in [0.2, 0.25) is 0 Å². The summed E-state index contributed by atoms with van der Waals surface area (Å²) in [4.78, 5) is 26.4.